The van der Waals surface area contributed by atoms with Gasteiger partial charge in [0.25, 0.3) is 0 Å². The fraction of sp³-hybridized carbons (Fsp3) is 0.190. The number of rotatable bonds is 3. The molecule has 2 aromatic carbocycles. The Kier molecular flexibility index (Phi) is 4.57. The molecule has 0 aliphatic rings. The molecule has 4 rings (SSSR count). The summed E-state index contributed by atoms with van der Waals surface area (Å²) in [5, 5.41) is 4.20. The van der Waals surface area contributed by atoms with E-state index in [1.807, 2.05) is 47.9 Å². The number of benzene rings is 2. The summed E-state index contributed by atoms with van der Waals surface area (Å²) >= 11 is 3.49. The molecule has 1 N–H and O–H groups in total. The van der Waals surface area contributed by atoms with E-state index >= 15 is 0 Å². The minimum absolute atomic E-state index is 0.226. The lowest BCUT2D eigenvalue weighted by Crippen LogP contribution is -2.14. The van der Waals surface area contributed by atoms with E-state index in [1.54, 1.807) is 6.07 Å². The van der Waals surface area contributed by atoms with Crippen LogP contribution in [-0.2, 0) is 6.18 Å². The van der Waals surface area contributed by atoms with Crippen molar-refractivity contribution in [3.63, 3.8) is 0 Å². The molecule has 144 valence electrons. The second-order valence-corrected chi connectivity index (χ2v) is 7.66. The van der Waals surface area contributed by atoms with Gasteiger partial charge in [0.2, 0.25) is 0 Å². The molecule has 0 saturated carbocycles. The summed E-state index contributed by atoms with van der Waals surface area (Å²) in [5.41, 5.74) is 1.94. The van der Waals surface area contributed by atoms with Crippen LogP contribution >= 0.6 is 15.9 Å². The summed E-state index contributed by atoms with van der Waals surface area (Å²) in [4.78, 5) is 4.68. The zero-order chi connectivity index (χ0) is 20.1. The van der Waals surface area contributed by atoms with Crippen molar-refractivity contribution >= 4 is 38.3 Å². The molecular weight excluding hydrogens is 431 g/mol. The fourth-order valence-electron chi connectivity index (χ4n) is 3.57. The SMILES string of the molecule is Cc1c([C@@H](C)Nc2nc3cccn3c3ccc(Br)cc23)cccc1C(F)(F)F. The van der Waals surface area contributed by atoms with Crippen molar-refractivity contribution < 1.29 is 13.2 Å². The van der Waals surface area contributed by atoms with Crippen LogP contribution in [0.4, 0.5) is 19.0 Å². The van der Waals surface area contributed by atoms with Gasteiger partial charge in [-0.3, -0.25) is 0 Å². The van der Waals surface area contributed by atoms with Crippen LogP contribution in [0.25, 0.3) is 16.6 Å². The van der Waals surface area contributed by atoms with Gasteiger partial charge in [-0.15, -0.1) is 0 Å². The molecule has 3 nitrogen and oxygen atoms in total. The van der Waals surface area contributed by atoms with Gasteiger partial charge in [-0.05, 0) is 61.4 Å². The first-order chi connectivity index (χ1) is 13.3. The number of halogens is 4. The standard InChI is InChI=1S/C21H17BrF3N3/c1-12-15(5-3-6-17(12)21(23,24)25)13(2)26-20-16-11-14(22)8-9-18(16)28-10-4-7-19(28)27-20/h3-11,13H,1-2H3,(H,26,27)/t13-/m1/s1. The van der Waals surface area contributed by atoms with E-state index in [1.165, 1.54) is 13.0 Å². The monoisotopic (exact) mass is 447 g/mol. The molecule has 2 heterocycles. The van der Waals surface area contributed by atoms with Crippen LogP contribution in [0.3, 0.4) is 0 Å². The third-order valence-corrected chi connectivity index (χ3v) is 5.42. The average molecular weight is 448 g/mol. The molecule has 0 aliphatic heterocycles. The van der Waals surface area contributed by atoms with Gasteiger partial charge in [-0.25, -0.2) is 4.98 Å². The number of hydrogen-bond donors (Lipinski definition) is 1. The van der Waals surface area contributed by atoms with E-state index in [0.717, 1.165) is 27.1 Å². The van der Waals surface area contributed by atoms with Gasteiger partial charge in [-0.1, -0.05) is 28.1 Å². The summed E-state index contributed by atoms with van der Waals surface area (Å²) in [7, 11) is 0. The fourth-order valence-corrected chi connectivity index (χ4v) is 3.93. The van der Waals surface area contributed by atoms with Crippen LogP contribution in [0, 0.1) is 6.92 Å². The number of anilines is 1. The first-order valence-corrected chi connectivity index (χ1v) is 9.54. The van der Waals surface area contributed by atoms with Crippen LogP contribution in [0.5, 0.6) is 0 Å². The maximum atomic E-state index is 13.3. The van der Waals surface area contributed by atoms with E-state index in [2.05, 4.69) is 26.2 Å². The maximum absolute atomic E-state index is 13.3. The molecule has 0 unspecified atom stereocenters. The molecule has 0 aliphatic carbocycles. The van der Waals surface area contributed by atoms with Crippen LogP contribution in [-0.4, -0.2) is 9.38 Å². The van der Waals surface area contributed by atoms with Crippen molar-refractivity contribution in [2.45, 2.75) is 26.1 Å². The number of hydrogen-bond acceptors (Lipinski definition) is 2. The Morgan fingerprint density at radius 1 is 1.11 bits per heavy atom. The number of fused-ring (bicyclic) bond motifs is 3. The maximum Gasteiger partial charge on any atom is 0.416 e. The number of nitrogens with zero attached hydrogens (tertiary/aromatic N) is 2. The second-order valence-electron chi connectivity index (χ2n) is 6.74. The first-order valence-electron chi connectivity index (χ1n) is 8.75. The van der Waals surface area contributed by atoms with E-state index in [9.17, 15) is 13.2 Å². The Labute approximate surface area is 168 Å². The number of nitrogens with one attached hydrogen (secondary N) is 1. The predicted molar refractivity (Wildman–Crippen MR) is 109 cm³/mol. The molecule has 0 radical (unpaired) electrons. The van der Waals surface area contributed by atoms with E-state index < -0.39 is 11.7 Å². The van der Waals surface area contributed by atoms with Crippen molar-refractivity contribution in [2.24, 2.45) is 0 Å². The Morgan fingerprint density at radius 2 is 1.89 bits per heavy atom. The molecule has 0 amide bonds. The Morgan fingerprint density at radius 3 is 2.64 bits per heavy atom. The Bertz CT molecular complexity index is 1180. The van der Waals surface area contributed by atoms with Gasteiger partial charge >= 0.3 is 6.18 Å². The van der Waals surface area contributed by atoms with Gasteiger partial charge in [0.1, 0.15) is 11.5 Å². The molecule has 0 spiro atoms. The van der Waals surface area contributed by atoms with Gasteiger partial charge in [-0.2, -0.15) is 13.2 Å². The van der Waals surface area contributed by atoms with Crippen LogP contribution in [0.15, 0.2) is 59.2 Å². The quantitative estimate of drug-likeness (QED) is 0.376. The molecule has 2 aromatic heterocycles. The third kappa shape index (κ3) is 3.24. The van der Waals surface area contributed by atoms with E-state index in [4.69, 9.17) is 0 Å². The highest BCUT2D eigenvalue weighted by molar-refractivity contribution is 9.10. The topological polar surface area (TPSA) is 29.3 Å². The normalized spacial score (nSPS) is 13.2. The first kappa shape index (κ1) is 18.8. The lowest BCUT2D eigenvalue weighted by Gasteiger charge is -2.21. The van der Waals surface area contributed by atoms with Crippen molar-refractivity contribution in [3.05, 3.63) is 75.9 Å². The van der Waals surface area contributed by atoms with E-state index in [0.29, 0.717) is 11.4 Å². The summed E-state index contributed by atoms with van der Waals surface area (Å²) in [6.45, 7) is 3.35. The molecular formula is C21H17BrF3N3. The summed E-state index contributed by atoms with van der Waals surface area (Å²) in [6, 6.07) is 13.6. The molecule has 1 atom stereocenters. The predicted octanol–water partition coefficient (Wildman–Crippen LogP) is 6.75. The highest BCUT2D eigenvalue weighted by Crippen LogP contribution is 2.36. The molecule has 7 heteroatoms. The Balaban J connectivity index is 1.81. The zero-order valence-corrected chi connectivity index (χ0v) is 16.8. The largest absolute Gasteiger partial charge is 0.416 e. The Hall–Kier alpha value is -2.54. The third-order valence-electron chi connectivity index (χ3n) is 4.93. The summed E-state index contributed by atoms with van der Waals surface area (Å²) < 4.78 is 42.7. The average Bonchev–Trinajstić information content (AvgIpc) is 3.09. The smallest absolute Gasteiger partial charge is 0.363 e. The second kappa shape index (κ2) is 6.81. The molecule has 0 fully saturated rings. The van der Waals surface area contributed by atoms with Gasteiger partial charge in [0, 0.05) is 16.1 Å². The zero-order valence-electron chi connectivity index (χ0n) is 15.2. The summed E-state index contributed by atoms with van der Waals surface area (Å²) in [5.74, 6) is 0.631. The van der Waals surface area contributed by atoms with Crippen molar-refractivity contribution in [1.29, 1.82) is 0 Å². The van der Waals surface area contributed by atoms with Crippen LogP contribution in [0.1, 0.15) is 29.7 Å². The van der Waals surface area contributed by atoms with Crippen molar-refractivity contribution in [2.75, 3.05) is 5.32 Å². The number of alkyl halides is 3. The molecule has 0 bridgehead atoms. The van der Waals surface area contributed by atoms with E-state index in [-0.39, 0.29) is 11.6 Å². The summed E-state index contributed by atoms with van der Waals surface area (Å²) in [6.07, 6.45) is -2.44. The minimum atomic E-state index is -4.37. The van der Waals surface area contributed by atoms with Crippen molar-refractivity contribution in [3.8, 4) is 0 Å². The molecule has 4 aromatic rings. The molecule has 28 heavy (non-hydrogen) atoms. The van der Waals surface area contributed by atoms with Crippen LogP contribution < -0.4 is 5.32 Å². The van der Waals surface area contributed by atoms with Gasteiger partial charge < -0.3 is 9.72 Å². The minimum Gasteiger partial charge on any atom is -0.363 e. The highest BCUT2D eigenvalue weighted by atomic mass is 79.9. The van der Waals surface area contributed by atoms with Crippen molar-refractivity contribution in [1.82, 2.24) is 9.38 Å². The lowest BCUT2D eigenvalue weighted by atomic mass is 9.97. The number of aromatic nitrogens is 2. The highest BCUT2D eigenvalue weighted by Gasteiger charge is 2.33. The van der Waals surface area contributed by atoms with Gasteiger partial charge in [0.15, 0.2) is 0 Å². The van der Waals surface area contributed by atoms with Crippen LogP contribution in [0.2, 0.25) is 0 Å². The van der Waals surface area contributed by atoms with Gasteiger partial charge in [0.05, 0.1) is 17.1 Å². The lowest BCUT2D eigenvalue weighted by molar-refractivity contribution is -0.138. The molecule has 0 saturated heterocycles.